The first-order chi connectivity index (χ1) is 22.0. The average molecular weight is 632 g/mol. The second kappa shape index (κ2) is 12.2. The maximum atomic E-state index is 14.4. The molecule has 2 aromatic heterocycles. The van der Waals surface area contributed by atoms with E-state index in [1.54, 1.807) is 18.2 Å². The van der Waals surface area contributed by atoms with Crippen LogP contribution in [0, 0.1) is 5.82 Å². The largest absolute Gasteiger partial charge is 0.480 e. The normalized spacial score (nSPS) is 18.6. The van der Waals surface area contributed by atoms with Gasteiger partial charge in [-0.15, -0.1) is 0 Å². The van der Waals surface area contributed by atoms with Gasteiger partial charge in [-0.3, -0.25) is 14.3 Å². The number of ether oxygens (including phenoxy) is 1. The van der Waals surface area contributed by atoms with Crippen molar-refractivity contribution in [1.29, 1.82) is 0 Å². The molecule has 2 atom stereocenters. The van der Waals surface area contributed by atoms with E-state index >= 15 is 0 Å². The summed E-state index contributed by atoms with van der Waals surface area (Å²) in [4.78, 5) is 41.0. The summed E-state index contributed by atoms with van der Waals surface area (Å²) < 4.78 is 56.4. The molecule has 2 aliphatic heterocycles. The second-order valence-electron chi connectivity index (χ2n) is 11.0. The number of nitrogens with one attached hydrogen (secondary N) is 1. The van der Waals surface area contributed by atoms with Crippen molar-refractivity contribution in [2.75, 3.05) is 29.8 Å². The fourth-order valence-electron chi connectivity index (χ4n) is 6.04. The van der Waals surface area contributed by atoms with Gasteiger partial charge >= 0.3 is 0 Å². The lowest BCUT2D eigenvalue weighted by Crippen LogP contribution is -2.62. The number of fused-ring (bicyclic) bond motifs is 3. The van der Waals surface area contributed by atoms with Crippen molar-refractivity contribution in [3.05, 3.63) is 79.0 Å². The molecule has 11 nitrogen and oxygen atoms in total. The minimum Gasteiger partial charge on any atom is -0.480 e. The Morgan fingerprint density at radius 1 is 1.04 bits per heavy atom. The van der Waals surface area contributed by atoms with Crippen LogP contribution in [-0.4, -0.2) is 72.2 Å². The molecule has 13 heteroatoms. The second-order valence-corrected chi connectivity index (χ2v) is 12.7. The summed E-state index contributed by atoms with van der Waals surface area (Å²) in [5, 5.41) is 0.673. The zero-order chi connectivity index (χ0) is 32.6. The van der Waals surface area contributed by atoms with Gasteiger partial charge in [0.2, 0.25) is 11.8 Å². The smallest absolute Gasteiger partial charge is 0.264 e. The Bertz CT molecular complexity index is 1980. The van der Waals surface area contributed by atoms with Crippen LogP contribution in [0.3, 0.4) is 0 Å². The van der Waals surface area contributed by atoms with Crippen LogP contribution in [0.1, 0.15) is 27.6 Å². The third-order valence-corrected chi connectivity index (χ3v) is 9.45. The molecule has 4 heterocycles. The molecule has 4 aromatic rings. The van der Waals surface area contributed by atoms with Gasteiger partial charge in [0.15, 0.2) is 5.78 Å². The highest BCUT2D eigenvalue weighted by Gasteiger charge is 2.40. The molecule has 2 aliphatic rings. The van der Waals surface area contributed by atoms with Gasteiger partial charge in [0.05, 0.1) is 12.6 Å². The van der Waals surface area contributed by atoms with Crippen molar-refractivity contribution in [2.45, 2.75) is 43.2 Å². The molecular formula is C32H31FN6O5S. The molecule has 0 radical (unpaired) electrons. The number of allylic oxidation sites excluding steroid dienone is 1. The Kier molecular flexibility index (Phi) is 7.84. The van der Waals surface area contributed by atoms with Gasteiger partial charge in [-0.05, 0) is 68.2 Å². The molecule has 1 N–H and O–H groups in total. The monoisotopic (exact) mass is 631 g/mol. The molecule has 1 amide bonds. The lowest BCUT2D eigenvalue weighted by molar-refractivity contribution is -0.133. The molecule has 2 aromatic carbocycles. The number of hydrogen-bond donors (Lipinski definition) is 1. The van der Waals surface area contributed by atoms with Gasteiger partial charge in [-0.2, -0.15) is 0 Å². The van der Waals surface area contributed by atoms with E-state index in [2.05, 4.69) is 24.6 Å². The molecule has 45 heavy (non-hydrogen) atoms. The van der Waals surface area contributed by atoms with Gasteiger partial charge in [-0.25, -0.2) is 27.8 Å². The summed E-state index contributed by atoms with van der Waals surface area (Å²) in [6.45, 7) is 2.40. The quantitative estimate of drug-likeness (QED) is 0.282. The highest BCUT2D eigenvalue weighted by atomic mass is 32.2. The van der Waals surface area contributed by atoms with E-state index in [-0.39, 0.29) is 41.6 Å². The van der Waals surface area contributed by atoms with Crippen LogP contribution < -0.4 is 14.4 Å². The number of piperidine rings is 1. The number of aromatic nitrogens is 3. The topological polar surface area (TPSA) is 135 Å². The molecule has 2 bridgehead atoms. The summed E-state index contributed by atoms with van der Waals surface area (Å²) >= 11 is 0. The minimum absolute atomic E-state index is 0.00410. The first-order valence-electron chi connectivity index (χ1n) is 14.9. The van der Waals surface area contributed by atoms with E-state index in [0.29, 0.717) is 40.9 Å². The number of benzene rings is 2. The van der Waals surface area contributed by atoms with Gasteiger partial charge < -0.3 is 14.5 Å². The van der Waals surface area contributed by atoms with Crippen LogP contribution in [0.4, 0.5) is 15.9 Å². The molecule has 2 saturated heterocycles. The van der Waals surface area contributed by atoms with Crippen molar-refractivity contribution in [2.24, 2.45) is 0 Å². The van der Waals surface area contributed by atoms with E-state index < -0.39 is 20.7 Å². The molecule has 0 saturated carbocycles. The van der Waals surface area contributed by atoms with E-state index in [9.17, 15) is 22.4 Å². The number of pyridine rings is 1. The zero-order valence-electron chi connectivity index (χ0n) is 25.6. The Morgan fingerprint density at radius 2 is 1.80 bits per heavy atom. The van der Waals surface area contributed by atoms with Gasteiger partial charge in [-0.1, -0.05) is 18.2 Å². The fraction of sp³-hybridized carbons (Fsp3) is 0.281. The highest BCUT2D eigenvalue weighted by molar-refractivity contribution is 7.92. The number of piperazine rings is 1. The number of rotatable bonds is 8. The predicted octanol–water partition coefficient (Wildman–Crippen LogP) is 4.36. The molecule has 2 unspecified atom stereocenters. The van der Waals surface area contributed by atoms with E-state index in [0.717, 1.165) is 25.3 Å². The molecule has 232 valence electrons. The van der Waals surface area contributed by atoms with Crippen LogP contribution >= 0.6 is 0 Å². The lowest BCUT2D eigenvalue weighted by atomic mass is 9.90. The fourth-order valence-corrected chi connectivity index (χ4v) is 7.17. The summed E-state index contributed by atoms with van der Waals surface area (Å²) in [5.74, 6) is -0.707. The average Bonchev–Trinajstić information content (AvgIpc) is 3.02. The van der Waals surface area contributed by atoms with Crippen molar-refractivity contribution >= 4 is 44.1 Å². The van der Waals surface area contributed by atoms with Crippen LogP contribution in [0.25, 0.3) is 22.0 Å². The van der Waals surface area contributed by atoms with Crippen molar-refractivity contribution < 1.29 is 28.5 Å². The molecule has 0 aliphatic carbocycles. The van der Waals surface area contributed by atoms with Crippen molar-refractivity contribution in [1.82, 2.24) is 19.9 Å². The maximum absolute atomic E-state index is 14.4. The van der Waals surface area contributed by atoms with E-state index in [1.165, 1.54) is 50.6 Å². The number of ketones is 1. The number of carbonyl (C=O) groups excluding carboxylic acids is 2. The number of carbonyl (C=O) groups is 2. The Hall–Kier alpha value is -4.91. The number of anilines is 2. The third kappa shape index (κ3) is 6.07. The van der Waals surface area contributed by atoms with Crippen molar-refractivity contribution in [3.63, 3.8) is 0 Å². The number of halogens is 1. The van der Waals surface area contributed by atoms with Gasteiger partial charge in [0, 0.05) is 48.4 Å². The summed E-state index contributed by atoms with van der Waals surface area (Å²) in [7, 11) is -2.95. The summed E-state index contributed by atoms with van der Waals surface area (Å²) in [6.07, 6.45) is 6.61. The van der Waals surface area contributed by atoms with Gasteiger partial charge in [0.25, 0.3) is 10.0 Å². The number of hydrogen-bond acceptors (Lipinski definition) is 9. The molecular weight excluding hydrogens is 599 g/mol. The Balaban J connectivity index is 1.35. The molecule has 6 rings (SSSR count). The number of sulfonamides is 1. The van der Waals surface area contributed by atoms with E-state index in [1.807, 2.05) is 11.0 Å². The minimum atomic E-state index is -4.30. The maximum Gasteiger partial charge on any atom is 0.264 e. The highest BCUT2D eigenvalue weighted by Crippen LogP contribution is 2.36. The number of amides is 1. The van der Waals surface area contributed by atoms with Crippen LogP contribution in [0.2, 0.25) is 0 Å². The number of methoxy groups -OCH3 is 1. The van der Waals surface area contributed by atoms with E-state index in [4.69, 9.17) is 6.11 Å². The predicted molar refractivity (Wildman–Crippen MR) is 167 cm³/mol. The molecule has 0 spiro atoms. The van der Waals surface area contributed by atoms with Crippen LogP contribution in [0.15, 0.2) is 78.1 Å². The standard InChI is InChI=1S/C32H31FN6O5S/c1-20(40)10-13-30(41)39-23-6-5-7-24(39)18-38(17-23)31-25-14-21(11-12-27(25)35-19-36-31)22-15-28(32(44-2)34-16-22)37-45(42,43)29-9-4-3-8-26(29)33/h3-4,8-16,19,23-24,37H,5-7,17-18H2,1-2H3/b13-10+/i19D. The summed E-state index contributed by atoms with van der Waals surface area (Å²) in [5.41, 5.74) is 1.78. The first kappa shape index (κ1) is 28.8. The number of nitrogens with zero attached hydrogens (tertiary/aromatic N) is 5. The Morgan fingerprint density at radius 3 is 2.51 bits per heavy atom. The van der Waals surface area contributed by atoms with Crippen LogP contribution in [0.5, 0.6) is 5.88 Å². The first-order valence-corrected chi connectivity index (χ1v) is 15.9. The third-order valence-electron chi connectivity index (χ3n) is 8.05. The SMILES string of the molecule is [2H]c1nc(N2CC3CCCC(C2)N3C(=O)/C=C/C(C)=O)c2cc(-c3cnc(OC)c(NS(=O)(=O)c4ccccc4F)c3)ccc2n1. The Labute approximate surface area is 261 Å². The molecule has 2 fully saturated rings. The zero-order valence-corrected chi connectivity index (χ0v) is 25.4. The summed E-state index contributed by atoms with van der Waals surface area (Å²) in [6, 6.07) is 11.8. The van der Waals surface area contributed by atoms with Crippen molar-refractivity contribution in [3.8, 4) is 17.0 Å². The van der Waals surface area contributed by atoms with Crippen LogP contribution in [-0.2, 0) is 19.6 Å². The van der Waals surface area contributed by atoms with Gasteiger partial charge in [0.1, 0.15) is 29.9 Å². The lowest BCUT2D eigenvalue weighted by Gasteiger charge is -2.50.